The van der Waals surface area contributed by atoms with Gasteiger partial charge in [0.25, 0.3) is 0 Å². The Bertz CT molecular complexity index is 158. The summed E-state index contributed by atoms with van der Waals surface area (Å²) in [4.78, 5) is 0. The quantitative estimate of drug-likeness (QED) is 0.415. The second-order valence-electron chi connectivity index (χ2n) is 3.43. The first-order chi connectivity index (χ1) is 3.95. The third-order valence-electron chi connectivity index (χ3n) is 3.09. The minimum absolute atomic E-state index is 1.09. The average molecular weight is 106 g/mol. The number of fused-ring (bicyclic) bond motifs is 4. The van der Waals surface area contributed by atoms with Crippen molar-refractivity contribution in [2.24, 2.45) is 11.8 Å². The predicted octanol–water partition coefficient (Wildman–Crippen LogP) is 2.12. The maximum atomic E-state index is 1.88. The largest absolute Gasteiger partial charge is 0.0632 e. The fourth-order valence-electron chi connectivity index (χ4n) is 2.59. The molecule has 3 aliphatic carbocycles. The summed E-state index contributed by atoms with van der Waals surface area (Å²) >= 11 is 0. The van der Waals surface area contributed by atoms with Gasteiger partial charge in [-0.15, -0.1) is 0 Å². The topological polar surface area (TPSA) is 0 Å². The summed E-state index contributed by atoms with van der Waals surface area (Å²) in [5.41, 5.74) is 3.75. The molecule has 0 nitrogen and oxygen atoms in total. The van der Waals surface area contributed by atoms with Crippen LogP contribution in [0.5, 0.6) is 0 Å². The van der Waals surface area contributed by atoms with Gasteiger partial charge in [-0.1, -0.05) is 11.1 Å². The van der Waals surface area contributed by atoms with Gasteiger partial charge in [-0.3, -0.25) is 0 Å². The normalized spacial score (nSPS) is 48.0. The highest BCUT2D eigenvalue weighted by Gasteiger charge is 2.46. The van der Waals surface area contributed by atoms with Crippen molar-refractivity contribution in [3.63, 3.8) is 0 Å². The summed E-state index contributed by atoms with van der Waals surface area (Å²) in [5, 5.41) is 0. The molecule has 0 aliphatic heterocycles. The number of hydrogen-bond acceptors (Lipinski definition) is 0. The highest BCUT2D eigenvalue weighted by molar-refractivity contribution is 5.45. The van der Waals surface area contributed by atoms with E-state index in [4.69, 9.17) is 0 Å². The Morgan fingerprint density at radius 2 is 1.62 bits per heavy atom. The Morgan fingerprint density at radius 3 is 2.00 bits per heavy atom. The molecule has 2 atom stereocenters. The fourth-order valence-corrected chi connectivity index (χ4v) is 2.59. The molecule has 1 saturated carbocycles. The van der Waals surface area contributed by atoms with Crippen molar-refractivity contribution < 1.29 is 0 Å². The summed E-state index contributed by atoms with van der Waals surface area (Å²) < 4.78 is 0. The maximum Gasteiger partial charge on any atom is -0.00971 e. The van der Waals surface area contributed by atoms with Gasteiger partial charge < -0.3 is 0 Å². The zero-order chi connectivity index (χ0) is 5.14. The predicted molar refractivity (Wildman–Crippen MR) is 32.5 cm³/mol. The third-order valence-corrected chi connectivity index (χ3v) is 3.09. The van der Waals surface area contributed by atoms with Crippen LogP contribution in [-0.4, -0.2) is 0 Å². The van der Waals surface area contributed by atoms with Crippen LogP contribution in [-0.2, 0) is 0 Å². The maximum absolute atomic E-state index is 1.88. The first-order valence-corrected chi connectivity index (χ1v) is 3.67. The van der Waals surface area contributed by atoms with Crippen molar-refractivity contribution in [3.8, 4) is 0 Å². The second-order valence-corrected chi connectivity index (χ2v) is 3.43. The van der Waals surface area contributed by atoms with E-state index in [1.54, 1.807) is 6.42 Å². The highest BCUT2D eigenvalue weighted by Crippen LogP contribution is 2.60. The van der Waals surface area contributed by atoms with E-state index in [1.807, 2.05) is 11.1 Å². The molecule has 0 unspecified atom stereocenters. The van der Waals surface area contributed by atoms with Gasteiger partial charge in [0.1, 0.15) is 0 Å². The van der Waals surface area contributed by atoms with Gasteiger partial charge in [0.15, 0.2) is 0 Å². The van der Waals surface area contributed by atoms with Crippen LogP contribution in [0.15, 0.2) is 11.1 Å². The summed E-state index contributed by atoms with van der Waals surface area (Å²) in [5.74, 6) is 2.19. The van der Waals surface area contributed by atoms with Gasteiger partial charge in [-0.05, 0) is 37.5 Å². The molecule has 0 amide bonds. The van der Waals surface area contributed by atoms with Crippen LogP contribution < -0.4 is 0 Å². The zero-order valence-corrected chi connectivity index (χ0v) is 4.98. The molecule has 3 aliphatic rings. The van der Waals surface area contributed by atoms with Crippen molar-refractivity contribution in [1.82, 2.24) is 0 Å². The lowest BCUT2D eigenvalue weighted by Gasteiger charge is -1.99. The van der Waals surface area contributed by atoms with Crippen molar-refractivity contribution in [2.45, 2.75) is 25.7 Å². The Balaban J connectivity index is 2.15. The van der Waals surface area contributed by atoms with E-state index < -0.39 is 0 Å². The van der Waals surface area contributed by atoms with Crippen LogP contribution in [0.3, 0.4) is 0 Å². The summed E-state index contributed by atoms with van der Waals surface area (Å²) in [6.07, 6.45) is 6.06. The second kappa shape index (κ2) is 0.896. The zero-order valence-electron chi connectivity index (χ0n) is 4.98. The molecule has 0 aromatic carbocycles. The van der Waals surface area contributed by atoms with Gasteiger partial charge in [-0.25, -0.2) is 0 Å². The van der Waals surface area contributed by atoms with E-state index in [2.05, 4.69) is 0 Å². The van der Waals surface area contributed by atoms with E-state index >= 15 is 0 Å². The lowest BCUT2D eigenvalue weighted by molar-refractivity contribution is 0.626. The molecule has 0 saturated heterocycles. The molecule has 2 bridgehead atoms. The van der Waals surface area contributed by atoms with E-state index in [0.29, 0.717) is 0 Å². The summed E-state index contributed by atoms with van der Waals surface area (Å²) in [6, 6.07) is 0. The number of hydrogen-bond donors (Lipinski definition) is 0. The van der Waals surface area contributed by atoms with Gasteiger partial charge >= 0.3 is 0 Å². The van der Waals surface area contributed by atoms with E-state index in [-0.39, 0.29) is 0 Å². The minimum atomic E-state index is 1.09. The summed E-state index contributed by atoms with van der Waals surface area (Å²) in [7, 11) is 0. The molecule has 1 fully saturated rings. The van der Waals surface area contributed by atoms with Crippen LogP contribution in [0.1, 0.15) is 25.7 Å². The molecular formula is C8H10. The van der Waals surface area contributed by atoms with Crippen LogP contribution in [0.2, 0.25) is 0 Å². The lowest BCUT2D eigenvalue weighted by Crippen LogP contribution is -1.88. The van der Waals surface area contributed by atoms with Crippen LogP contribution in [0.4, 0.5) is 0 Å². The van der Waals surface area contributed by atoms with Gasteiger partial charge in [0.05, 0.1) is 0 Å². The standard InChI is InChI=1S/C8H10/c1-2-6-3-5(1)7-4-8(6)7/h5-6H,1-4H2/t5-,6+. The van der Waals surface area contributed by atoms with Crippen molar-refractivity contribution in [1.29, 1.82) is 0 Å². The Kier molecular flexibility index (Phi) is 0.415. The smallest absolute Gasteiger partial charge is 0.00971 e. The Hall–Kier alpha value is -0.260. The van der Waals surface area contributed by atoms with Crippen molar-refractivity contribution in [3.05, 3.63) is 11.1 Å². The van der Waals surface area contributed by atoms with Crippen LogP contribution in [0.25, 0.3) is 0 Å². The Morgan fingerprint density at radius 1 is 1.00 bits per heavy atom. The molecule has 0 heteroatoms. The number of rotatable bonds is 0. The van der Waals surface area contributed by atoms with Gasteiger partial charge in [0, 0.05) is 0 Å². The molecule has 0 N–H and O–H groups in total. The fraction of sp³-hybridized carbons (Fsp3) is 0.750. The molecule has 42 valence electrons. The molecule has 0 spiro atoms. The lowest BCUT2D eigenvalue weighted by atomic mass is 10.0. The van der Waals surface area contributed by atoms with E-state index in [0.717, 1.165) is 11.8 Å². The Labute approximate surface area is 49.6 Å². The molecule has 0 aromatic rings. The average Bonchev–Trinajstić information content (AvgIpc) is 2.39. The van der Waals surface area contributed by atoms with Crippen LogP contribution in [0, 0.1) is 11.8 Å². The van der Waals surface area contributed by atoms with E-state index in [1.165, 1.54) is 19.3 Å². The third kappa shape index (κ3) is 0.249. The van der Waals surface area contributed by atoms with Crippen molar-refractivity contribution >= 4 is 0 Å². The summed E-state index contributed by atoms with van der Waals surface area (Å²) in [6.45, 7) is 0. The molecule has 3 rings (SSSR count). The van der Waals surface area contributed by atoms with E-state index in [9.17, 15) is 0 Å². The molecule has 0 heterocycles. The van der Waals surface area contributed by atoms with Gasteiger partial charge in [0.2, 0.25) is 0 Å². The molecule has 8 heavy (non-hydrogen) atoms. The van der Waals surface area contributed by atoms with Crippen molar-refractivity contribution in [2.75, 3.05) is 0 Å². The first kappa shape index (κ1) is 3.71. The monoisotopic (exact) mass is 106 g/mol. The molecule has 0 radical (unpaired) electrons. The van der Waals surface area contributed by atoms with Gasteiger partial charge in [-0.2, -0.15) is 0 Å². The SMILES string of the molecule is C1C2=C1[C@H]1CC[C@@H]2C1. The minimum Gasteiger partial charge on any atom is -0.0632 e. The molecular weight excluding hydrogens is 96.1 g/mol. The first-order valence-electron chi connectivity index (χ1n) is 3.67. The van der Waals surface area contributed by atoms with Crippen LogP contribution >= 0.6 is 0 Å². The number of allylic oxidation sites excluding steroid dienone is 2. The highest BCUT2D eigenvalue weighted by atomic mass is 14.5. The molecule has 0 aromatic heterocycles.